The van der Waals surface area contributed by atoms with Crippen LogP contribution in [0.4, 0.5) is 5.69 Å². The standard InChI is InChI=1S/C20H20ClN3O3/c1-3-12(2)18-20(27)24(11-17(25)26)16-8-7-13(21)10-14(16)19(23-18)15-6-4-5-9-22-15/h4-10,12,18H,3,11H2,1-2H3,(H,25,26)/t12-,18?/m0/s1. The SMILES string of the molecule is CC[C@H](C)C1N=C(c2ccccn2)c2cc(Cl)ccc2N(CC(=O)O)C1=O. The van der Waals surface area contributed by atoms with Crippen molar-refractivity contribution in [3.05, 3.63) is 58.9 Å². The molecule has 0 fully saturated rings. The molecule has 2 atom stereocenters. The van der Waals surface area contributed by atoms with Gasteiger partial charge in [-0.25, -0.2) is 0 Å². The molecule has 2 heterocycles. The summed E-state index contributed by atoms with van der Waals surface area (Å²) in [6, 6.07) is 9.76. The summed E-state index contributed by atoms with van der Waals surface area (Å²) in [5.74, 6) is -1.48. The Bertz CT molecular complexity index is 899. The third-order valence-corrected chi connectivity index (χ3v) is 4.91. The number of carbonyl (C=O) groups excluding carboxylic acids is 1. The highest BCUT2D eigenvalue weighted by molar-refractivity contribution is 6.32. The topological polar surface area (TPSA) is 82.9 Å². The van der Waals surface area contributed by atoms with E-state index in [0.29, 0.717) is 27.7 Å². The van der Waals surface area contributed by atoms with Gasteiger partial charge in [0.1, 0.15) is 12.6 Å². The third kappa shape index (κ3) is 3.85. The van der Waals surface area contributed by atoms with Gasteiger partial charge in [-0.1, -0.05) is 37.9 Å². The van der Waals surface area contributed by atoms with Gasteiger partial charge in [0, 0.05) is 16.8 Å². The average Bonchev–Trinajstić information content (AvgIpc) is 2.77. The van der Waals surface area contributed by atoms with Crippen LogP contribution in [0.2, 0.25) is 5.02 Å². The number of amides is 1. The zero-order valence-electron chi connectivity index (χ0n) is 15.1. The summed E-state index contributed by atoms with van der Waals surface area (Å²) < 4.78 is 0. The average molecular weight is 386 g/mol. The molecule has 0 spiro atoms. The number of benzene rings is 1. The molecule has 0 saturated carbocycles. The molecule has 27 heavy (non-hydrogen) atoms. The lowest BCUT2D eigenvalue weighted by atomic mass is 9.98. The van der Waals surface area contributed by atoms with Crippen LogP contribution in [0.3, 0.4) is 0 Å². The number of carboxylic acids is 1. The van der Waals surface area contributed by atoms with Crippen LogP contribution < -0.4 is 4.90 Å². The molecule has 1 aliphatic heterocycles. The lowest BCUT2D eigenvalue weighted by Gasteiger charge is -2.25. The summed E-state index contributed by atoms with van der Waals surface area (Å²) in [6.07, 6.45) is 2.38. The quantitative estimate of drug-likeness (QED) is 0.854. The summed E-state index contributed by atoms with van der Waals surface area (Å²) in [5, 5.41) is 9.82. The maximum atomic E-state index is 13.2. The van der Waals surface area contributed by atoms with Crippen molar-refractivity contribution >= 4 is 34.9 Å². The molecule has 1 aliphatic rings. The van der Waals surface area contributed by atoms with E-state index in [-0.39, 0.29) is 11.8 Å². The monoisotopic (exact) mass is 385 g/mol. The minimum atomic E-state index is -1.09. The van der Waals surface area contributed by atoms with Gasteiger partial charge in [0.25, 0.3) is 5.91 Å². The molecule has 2 aromatic rings. The molecule has 140 valence electrons. The molecular weight excluding hydrogens is 366 g/mol. The fourth-order valence-electron chi connectivity index (χ4n) is 3.07. The normalized spacial score (nSPS) is 17.7. The number of aromatic nitrogens is 1. The predicted molar refractivity (Wildman–Crippen MR) is 105 cm³/mol. The molecule has 0 aliphatic carbocycles. The maximum Gasteiger partial charge on any atom is 0.323 e. The van der Waals surface area contributed by atoms with Gasteiger partial charge >= 0.3 is 5.97 Å². The first-order valence-electron chi connectivity index (χ1n) is 8.74. The fourth-order valence-corrected chi connectivity index (χ4v) is 3.25. The first kappa shape index (κ1) is 19.0. The number of rotatable bonds is 5. The zero-order chi connectivity index (χ0) is 19.6. The number of aliphatic carboxylic acids is 1. The largest absolute Gasteiger partial charge is 0.480 e. The van der Waals surface area contributed by atoms with E-state index in [0.717, 1.165) is 6.42 Å². The van der Waals surface area contributed by atoms with Crippen LogP contribution in [0.1, 0.15) is 31.5 Å². The summed E-state index contributed by atoms with van der Waals surface area (Å²) in [4.78, 5) is 35.1. The van der Waals surface area contributed by atoms with Gasteiger partial charge in [-0.3, -0.25) is 24.5 Å². The third-order valence-electron chi connectivity index (χ3n) is 4.68. The van der Waals surface area contributed by atoms with E-state index in [4.69, 9.17) is 16.6 Å². The smallest absolute Gasteiger partial charge is 0.323 e. The van der Waals surface area contributed by atoms with Crippen molar-refractivity contribution in [3.63, 3.8) is 0 Å². The van der Waals surface area contributed by atoms with E-state index >= 15 is 0 Å². The molecule has 0 saturated heterocycles. The second-order valence-corrected chi connectivity index (χ2v) is 6.94. The molecule has 7 heteroatoms. The van der Waals surface area contributed by atoms with Crippen molar-refractivity contribution < 1.29 is 14.7 Å². The highest BCUT2D eigenvalue weighted by atomic mass is 35.5. The molecule has 1 amide bonds. The molecular formula is C20H20ClN3O3. The number of carbonyl (C=O) groups is 2. The summed E-state index contributed by atoms with van der Waals surface area (Å²) >= 11 is 6.20. The molecule has 1 N–H and O–H groups in total. The second-order valence-electron chi connectivity index (χ2n) is 6.50. The van der Waals surface area contributed by atoms with Crippen molar-refractivity contribution in [2.24, 2.45) is 10.9 Å². The number of pyridine rings is 1. The van der Waals surface area contributed by atoms with E-state index in [1.54, 1.807) is 30.5 Å². The highest BCUT2D eigenvalue weighted by Crippen LogP contribution is 2.32. The van der Waals surface area contributed by atoms with Crippen molar-refractivity contribution in [2.45, 2.75) is 26.3 Å². The predicted octanol–water partition coefficient (Wildman–Crippen LogP) is 3.42. The van der Waals surface area contributed by atoms with E-state index in [1.165, 1.54) is 4.90 Å². The van der Waals surface area contributed by atoms with Crippen molar-refractivity contribution in [3.8, 4) is 0 Å². The van der Waals surface area contributed by atoms with Gasteiger partial charge in [0.2, 0.25) is 0 Å². The van der Waals surface area contributed by atoms with Gasteiger partial charge in [-0.15, -0.1) is 0 Å². The summed E-state index contributed by atoms with van der Waals surface area (Å²) in [7, 11) is 0. The Morgan fingerprint density at radius 2 is 2.11 bits per heavy atom. The molecule has 3 rings (SSSR count). The van der Waals surface area contributed by atoms with E-state index in [2.05, 4.69) is 4.98 Å². The van der Waals surface area contributed by atoms with Crippen molar-refractivity contribution in [1.82, 2.24) is 4.98 Å². The number of aliphatic imine (C=N–C) groups is 1. The number of fused-ring (bicyclic) bond motifs is 1. The van der Waals surface area contributed by atoms with Gasteiger partial charge in [-0.05, 0) is 36.2 Å². The first-order valence-corrected chi connectivity index (χ1v) is 9.12. The lowest BCUT2D eigenvalue weighted by molar-refractivity contribution is -0.136. The fraction of sp³-hybridized carbons (Fsp3) is 0.300. The molecule has 0 radical (unpaired) electrons. The first-order chi connectivity index (χ1) is 12.9. The minimum Gasteiger partial charge on any atom is -0.480 e. The Morgan fingerprint density at radius 3 is 2.74 bits per heavy atom. The van der Waals surface area contributed by atoms with E-state index in [9.17, 15) is 14.7 Å². The number of benzodiazepines with no additional fused rings is 1. The number of nitrogens with zero attached hydrogens (tertiary/aromatic N) is 3. The molecule has 1 unspecified atom stereocenters. The van der Waals surface area contributed by atoms with Gasteiger partial charge in [-0.2, -0.15) is 0 Å². The number of hydrogen-bond donors (Lipinski definition) is 1. The number of anilines is 1. The Morgan fingerprint density at radius 1 is 1.33 bits per heavy atom. The van der Waals surface area contributed by atoms with Gasteiger partial charge in [0.05, 0.1) is 17.1 Å². The Kier molecular flexibility index (Phi) is 5.56. The molecule has 1 aromatic heterocycles. The van der Waals surface area contributed by atoms with E-state index < -0.39 is 18.6 Å². The van der Waals surface area contributed by atoms with Crippen LogP contribution in [-0.4, -0.2) is 40.3 Å². The highest BCUT2D eigenvalue weighted by Gasteiger charge is 2.35. The van der Waals surface area contributed by atoms with Gasteiger partial charge < -0.3 is 5.11 Å². The second kappa shape index (κ2) is 7.88. The van der Waals surface area contributed by atoms with Crippen LogP contribution in [0.25, 0.3) is 0 Å². The number of carboxylic acid groups (broad SMARTS) is 1. The lowest BCUT2D eigenvalue weighted by Crippen LogP contribution is -2.43. The van der Waals surface area contributed by atoms with Gasteiger partial charge in [0.15, 0.2) is 0 Å². The maximum absolute atomic E-state index is 13.2. The minimum absolute atomic E-state index is 0.0581. The number of hydrogen-bond acceptors (Lipinski definition) is 4. The van der Waals surface area contributed by atoms with Crippen LogP contribution in [0.15, 0.2) is 47.6 Å². The van der Waals surface area contributed by atoms with E-state index in [1.807, 2.05) is 26.0 Å². The number of halogens is 1. The molecule has 1 aromatic carbocycles. The molecule has 6 nitrogen and oxygen atoms in total. The zero-order valence-corrected chi connectivity index (χ0v) is 15.8. The molecule has 0 bridgehead atoms. The van der Waals surface area contributed by atoms with Crippen LogP contribution in [0, 0.1) is 5.92 Å². The Hall–Kier alpha value is -2.73. The Balaban J connectivity index is 2.27. The van der Waals surface area contributed by atoms with Crippen molar-refractivity contribution in [2.75, 3.05) is 11.4 Å². The van der Waals surface area contributed by atoms with Crippen LogP contribution >= 0.6 is 11.6 Å². The van der Waals surface area contributed by atoms with Crippen LogP contribution in [0.5, 0.6) is 0 Å². The van der Waals surface area contributed by atoms with Crippen LogP contribution in [-0.2, 0) is 9.59 Å². The summed E-state index contributed by atoms with van der Waals surface area (Å²) in [5.41, 5.74) is 2.22. The van der Waals surface area contributed by atoms with Crippen molar-refractivity contribution in [1.29, 1.82) is 0 Å². The Labute approximate surface area is 162 Å². The summed E-state index contributed by atoms with van der Waals surface area (Å²) in [6.45, 7) is 3.47.